The van der Waals surface area contributed by atoms with E-state index in [0.29, 0.717) is 11.2 Å². The van der Waals surface area contributed by atoms with Crippen molar-refractivity contribution in [2.24, 2.45) is 10.9 Å². The molecular formula is C19H21N5O2. The molecule has 1 unspecified atom stereocenters. The topological polar surface area (TPSA) is 72.9 Å². The number of aliphatic imine (C=N–C) groups is 1. The highest BCUT2D eigenvalue weighted by atomic mass is 16.7. The van der Waals surface area contributed by atoms with Crippen LogP contribution >= 0.6 is 0 Å². The zero-order valence-corrected chi connectivity index (χ0v) is 15.1. The minimum Gasteiger partial charge on any atom is -0.394 e. The molecule has 2 aromatic heterocycles. The molecule has 1 aromatic carbocycles. The van der Waals surface area contributed by atoms with Crippen LogP contribution in [0.5, 0.6) is 0 Å². The van der Waals surface area contributed by atoms with Crippen molar-refractivity contribution in [3.63, 3.8) is 0 Å². The number of hydrogen-bond acceptors (Lipinski definition) is 5. The predicted molar refractivity (Wildman–Crippen MR) is 99.1 cm³/mol. The SMILES string of the molecule is CC(C)(C)n1c(=O)c2c(C3(C4CC4)N=CON3)ncn2c2ccccc21. The number of hydrogen-bond donors (Lipinski definition) is 1. The summed E-state index contributed by atoms with van der Waals surface area (Å²) < 4.78 is 3.73. The maximum Gasteiger partial charge on any atom is 0.277 e. The lowest BCUT2D eigenvalue weighted by atomic mass is 10.0. The first kappa shape index (κ1) is 15.6. The molecule has 1 fully saturated rings. The van der Waals surface area contributed by atoms with Gasteiger partial charge >= 0.3 is 0 Å². The Kier molecular flexibility index (Phi) is 2.96. The van der Waals surface area contributed by atoms with Crippen LogP contribution < -0.4 is 11.0 Å². The highest BCUT2D eigenvalue weighted by Gasteiger charge is 2.52. The van der Waals surface area contributed by atoms with Gasteiger partial charge in [-0.3, -0.25) is 13.8 Å². The molecule has 1 atom stereocenters. The summed E-state index contributed by atoms with van der Waals surface area (Å²) in [5.41, 5.74) is 4.85. The maximum atomic E-state index is 13.6. The molecule has 1 aliphatic carbocycles. The second kappa shape index (κ2) is 4.94. The van der Waals surface area contributed by atoms with Gasteiger partial charge in [0, 0.05) is 11.5 Å². The average Bonchev–Trinajstić information content (AvgIpc) is 3.17. The Balaban J connectivity index is 1.94. The minimum atomic E-state index is -0.772. The van der Waals surface area contributed by atoms with Gasteiger partial charge in [-0.05, 0) is 45.7 Å². The zero-order valence-electron chi connectivity index (χ0n) is 15.1. The zero-order chi connectivity index (χ0) is 18.1. The Hall–Kier alpha value is -2.67. The molecule has 0 radical (unpaired) electrons. The first-order chi connectivity index (χ1) is 12.4. The number of para-hydroxylation sites is 2. The van der Waals surface area contributed by atoms with Gasteiger partial charge in [0.05, 0.1) is 11.0 Å². The van der Waals surface area contributed by atoms with Crippen molar-refractivity contribution >= 4 is 23.0 Å². The fraction of sp³-hybridized carbons (Fsp3) is 0.421. The first-order valence-corrected chi connectivity index (χ1v) is 8.92. The van der Waals surface area contributed by atoms with Gasteiger partial charge in [0.15, 0.2) is 12.1 Å². The van der Waals surface area contributed by atoms with Gasteiger partial charge in [0.1, 0.15) is 17.5 Å². The summed E-state index contributed by atoms with van der Waals surface area (Å²) in [5.74, 6) is 0.286. The quantitative estimate of drug-likeness (QED) is 0.770. The monoisotopic (exact) mass is 351 g/mol. The lowest BCUT2D eigenvalue weighted by Gasteiger charge is -2.27. The molecule has 3 aromatic rings. The van der Waals surface area contributed by atoms with Gasteiger partial charge in [-0.2, -0.15) is 0 Å². The molecule has 134 valence electrons. The van der Waals surface area contributed by atoms with Crippen molar-refractivity contribution in [2.45, 2.75) is 44.8 Å². The Morgan fingerprint density at radius 1 is 1.23 bits per heavy atom. The van der Waals surface area contributed by atoms with Crippen molar-refractivity contribution in [3.8, 4) is 0 Å². The fourth-order valence-electron chi connectivity index (χ4n) is 4.00. The van der Waals surface area contributed by atoms with E-state index in [1.807, 2.05) is 54.0 Å². The fourth-order valence-corrected chi connectivity index (χ4v) is 4.00. The lowest BCUT2D eigenvalue weighted by molar-refractivity contribution is 0.105. The second-order valence-electron chi connectivity index (χ2n) is 8.11. The largest absolute Gasteiger partial charge is 0.394 e. The number of nitrogens with zero attached hydrogens (tertiary/aromatic N) is 4. The number of hydroxylamine groups is 1. The number of imidazole rings is 1. The van der Waals surface area contributed by atoms with Crippen molar-refractivity contribution in [1.82, 2.24) is 19.4 Å². The summed E-state index contributed by atoms with van der Waals surface area (Å²) in [4.78, 5) is 28.0. The molecule has 1 N–H and O–H groups in total. The second-order valence-corrected chi connectivity index (χ2v) is 8.11. The van der Waals surface area contributed by atoms with E-state index in [-0.39, 0.29) is 17.0 Å². The molecule has 3 heterocycles. The Morgan fingerprint density at radius 3 is 2.58 bits per heavy atom. The normalized spacial score (nSPS) is 23.0. The average molecular weight is 351 g/mol. The van der Waals surface area contributed by atoms with Gasteiger partial charge in [-0.25, -0.2) is 9.98 Å². The van der Waals surface area contributed by atoms with Crippen molar-refractivity contribution in [3.05, 3.63) is 46.6 Å². The Morgan fingerprint density at radius 2 is 1.96 bits per heavy atom. The van der Waals surface area contributed by atoms with Crippen molar-refractivity contribution < 1.29 is 4.84 Å². The van der Waals surface area contributed by atoms with Crippen LogP contribution in [-0.2, 0) is 16.0 Å². The van der Waals surface area contributed by atoms with Crippen molar-refractivity contribution in [1.29, 1.82) is 0 Å². The van der Waals surface area contributed by atoms with Crippen LogP contribution in [0, 0.1) is 5.92 Å². The standard InChI is InChI=1S/C19H21N5O2/c1-18(2,3)24-14-7-5-4-6-13(14)23-10-20-16(15(23)17(24)25)19(12-8-9-12)21-11-26-22-19/h4-7,10-12,22H,8-9H2,1-3H3. The van der Waals surface area contributed by atoms with E-state index in [0.717, 1.165) is 23.9 Å². The highest BCUT2D eigenvalue weighted by molar-refractivity contribution is 5.80. The van der Waals surface area contributed by atoms with Gasteiger partial charge in [-0.15, -0.1) is 5.48 Å². The van der Waals surface area contributed by atoms with E-state index in [1.54, 1.807) is 6.33 Å². The summed E-state index contributed by atoms with van der Waals surface area (Å²) in [7, 11) is 0. The third-order valence-corrected chi connectivity index (χ3v) is 5.28. The number of aromatic nitrogens is 3. The van der Waals surface area contributed by atoms with Gasteiger partial charge in [0.25, 0.3) is 5.56 Å². The molecule has 1 saturated carbocycles. The third kappa shape index (κ3) is 1.94. The lowest BCUT2D eigenvalue weighted by Crippen LogP contribution is -2.41. The predicted octanol–water partition coefficient (Wildman–Crippen LogP) is 2.53. The highest BCUT2D eigenvalue weighted by Crippen LogP contribution is 2.48. The molecule has 5 rings (SSSR count). The molecule has 7 nitrogen and oxygen atoms in total. The smallest absolute Gasteiger partial charge is 0.277 e. The Labute approximate surface area is 150 Å². The Bertz CT molecular complexity index is 1120. The maximum absolute atomic E-state index is 13.6. The van der Waals surface area contributed by atoms with Crippen LogP contribution in [0.25, 0.3) is 16.6 Å². The van der Waals surface area contributed by atoms with Gasteiger partial charge in [-0.1, -0.05) is 12.1 Å². The molecule has 1 aliphatic heterocycles. The molecule has 7 heteroatoms. The van der Waals surface area contributed by atoms with E-state index in [4.69, 9.17) is 4.84 Å². The molecular weight excluding hydrogens is 330 g/mol. The summed E-state index contributed by atoms with van der Waals surface area (Å²) >= 11 is 0. The van der Waals surface area contributed by atoms with Gasteiger partial charge in [0.2, 0.25) is 0 Å². The summed E-state index contributed by atoms with van der Waals surface area (Å²) in [6.07, 6.45) is 5.20. The molecule has 2 aliphatic rings. The van der Waals surface area contributed by atoms with E-state index < -0.39 is 5.66 Å². The summed E-state index contributed by atoms with van der Waals surface area (Å²) in [5, 5.41) is 0. The molecule has 26 heavy (non-hydrogen) atoms. The number of benzene rings is 1. The van der Waals surface area contributed by atoms with E-state index in [1.165, 1.54) is 6.40 Å². The van der Waals surface area contributed by atoms with Gasteiger partial charge < -0.3 is 4.84 Å². The molecule has 0 spiro atoms. The van der Waals surface area contributed by atoms with Crippen molar-refractivity contribution in [2.75, 3.05) is 0 Å². The van der Waals surface area contributed by atoms with E-state index in [2.05, 4.69) is 15.5 Å². The van der Waals surface area contributed by atoms with Crippen LogP contribution in [0.2, 0.25) is 0 Å². The number of nitrogens with one attached hydrogen (secondary N) is 1. The molecule has 0 amide bonds. The minimum absolute atomic E-state index is 0.0624. The molecule has 0 saturated heterocycles. The van der Waals surface area contributed by atoms with Crippen LogP contribution in [0.1, 0.15) is 39.3 Å². The summed E-state index contributed by atoms with van der Waals surface area (Å²) in [6.45, 7) is 6.12. The number of rotatable bonds is 2. The van der Waals surface area contributed by atoms with Crippen LogP contribution in [0.4, 0.5) is 0 Å². The number of fused-ring (bicyclic) bond motifs is 3. The summed E-state index contributed by atoms with van der Waals surface area (Å²) in [6, 6.07) is 7.93. The van der Waals surface area contributed by atoms with Crippen LogP contribution in [0.15, 0.2) is 40.4 Å². The molecule has 0 bridgehead atoms. The third-order valence-electron chi connectivity index (χ3n) is 5.28. The first-order valence-electron chi connectivity index (χ1n) is 8.92. The van der Waals surface area contributed by atoms with Crippen LogP contribution in [-0.4, -0.2) is 20.4 Å². The van der Waals surface area contributed by atoms with E-state index >= 15 is 0 Å². The van der Waals surface area contributed by atoms with E-state index in [9.17, 15) is 4.79 Å². The van der Waals surface area contributed by atoms with Crippen LogP contribution in [0.3, 0.4) is 0 Å².